The Hall–Kier alpha value is -2.08. The third-order valence-corrected chi connectivity index (χ3v) is 4.00. The topological polar surface area (TPSA) is 86.9 Å². The Kier molecular flexibility index (Phi) is 5.03. The molecule has 0 unspecified atom stereocenters. The highest BCUT2D eigenvalue weighted by atomic mass is 16.3. The van der Waals surface area contributed by atoms with Gasteiger partial charge in [0.2, 0.25) is 5.91 Å². The summed E-state index contributed by atoms with van der Waals surface area (Å²) in [6, 6.07) is 5.70. The third kappa shape index (κ3) is 3.57. The van der Waals surface area contributed by atoms with Crippen molar-refractivity contribution in [3.8, 4) is 5.75 Å². The van der Waals surface area contributed by atoms with Gasteiger partial charge in [-0.15, -0.1) is 0 Å². The van der Waals surface area contributed by atoms with Gasteiger partial charge in [-0.3, -0.25) is 9.59 Å². The van der Waals surface area contributed by atoms with Gasteiger partial charge in [0.15, 0.2) is 0 Å². The molecule has 0 saturated carbocycles. The number of hydrogen-bond acceptors (Lipinski definition) is 4. The molecule has 1 aromatic carbocycles. The normalized spacial score (nSPS) is 16.7. The van der Waals surface area contributed by atoms with Crippen LogP contribution in [0.25, 0.3) is 0 Å². The van der Waals surface area contributed by atoms with Crippen molar-refractivity contribution in [1.29, 1.82) is 0 Å². The molecule has 2 amide bonds. The lowest BCUT2D eigenvalue weighted by molar-refractivity contribution is -0.135. The molecule has 0 aliphatic carbocycles. The minimum absolute atomic E-state index is 0.0493. The molecule has 1 aliphatic heterocycles. The predicted molar refractivity (Wildman–Crippen MR) is 83.4 cm³/mol. The number of piperazine rings is 1. The van der Waals surface area contributed by atoms with E-state index in [1.54, 1.807) is 21.9 Å². The van der Waals surface area contributed by atoms with E-state index in [4.69, 9.17) is 5.73 Å². The first-order chi connectivity index (χ1) is 10.4. The summed E-state index contributed by atoms with van der Waals surface area (Å²) in [4.78, 5) is 28.0. The van der Waals surface area contributed by atoms with Crippen molar-refractivity contribution < 1.29 is 14.7 Å². The maximum Gasteiger partial charge on any atom is 0.253 e. The average molecular weight is 305 g/mol. The highest BCUT2D eigenvalue weighted by molar-refractivity contribution is 5.94. The van der Waals surface area contributed by atoms with Gasteiger partial charge in [0.1, 0.15) is 5.75 Å². The van der Waals surface area contributed by atoms with Crippen LogP contribution >= 0.6 is 0 Å². The van der Waals surface area contributed by atoms with Crippen LogP contribution in [0.5, 0.6) is 5.75 Å². The van der Waals surface area contributed by atoms with Crippen LogP contribution in [0, 0.1) is 5.92 Å². The van der Waals surface area contributed by atoms with Crippen LogP contribution < -0.4 is 5.73 Å². The lowest BCUT2D eigenvalue weighted by atomic mass is 10.0. The van der Waals surface area contributed by atoms with E-state index in [2.05, 4.69) is 0 Å². The second-order valence-corrected chi connectivity index (χ2v) is 5.93. The van der Waals surface area contributed by atoms with E-state index in [-0.39, 0.29) is 23.5 Å². The van der Waals surface area contributed by atoms with Crippen molar-refractivity contribution in [3.05, 3.63) is 29.8 Å². The second kappa shape index (κ2) is 6.79. The molecule has 6 nitrogen and oxygen atoms in total. The molecule has 1 fully saturated rings. The van der Waals surface area contributed by atoms with E-state index in [0.717, 1.165) is 0 Å². The zero-order chi connectivity index (χ0) is 16.3. The molecule has 0 aromatic heterocycles. The van der Waals surface area contributed by atoms with Crippen molar-refractivity contribution in [2.24, 2.45) is 11.7 Å². The molecule has 1 saturated heterocycles. The van der Waals surface area contributed by atoms with Gasteiger partial charge in [0, 0.05) is 31.7 Å². The van der Waals surface area contributed by atoms with Gasteiger partial charge in [0.25, 0.3) is 5.91 Å². The van der Waals surface area contributed by atoms with E-state index in [0.29, 0.717) is 31.7 Å². The first kappa shape index (κ1) is 16.3. The first-order valence-electron chi connectivity index (χ1n) is 7.53. The van der Waals surface area contributed by atoms with E-state index < -0.39 is 6.04 Å². The van der Waals surface area contributed by atoms with Crippen molar-refractivity contribution >= 4 is 11.8 Å². The summed E-state index contributed by atoms with van der Waals surface area (Å²) in [5.74, 6) is 0.103. The standard InChI is InChI=1S/C16H23N3O3/c1-11(2)14(17)16(22)19-9-7-18(8-10-19)15(21)12-3-5-13(20)6-4-12/h3-6,11,14,20H,7-10,17H2,1-2H3/t14-/m0/s1. The van der Waals surface area contributed by atoms with Crippen LogP contribution in [-0.4, -0.2) is 58.9 Å². The molecule has 1 atom stereocenters. The Labute approximate surface area is 130 Å². The van der Waals surface area contributed by atoms with Gasteiger partial charge < -0.3 is 20.6 Å². The third-order valence-electron chi connectivity index (χ3n) is 4.00. The number of benzene rings is 1. The molecule has 22 heavy (non-hydrogen) atoms. The molecule has 1 aliphatic rings. The predicted octanol–water partition coefficient (Wildman–Crippen LogP) is 0.660. The number of aromatic hydroxyl groups is 1. The summed E-state index contributed by atoms with van der Waals surface area (Å²) in [7, 11) is 0. The van der Waals surface area contributed by atoms with E-state index in [1.165, 1.54) is 12.1 Å². The largest absolute Gasteiger partial charge is 0.508 e. The molecule has 6 heteroatoms. The fraction of sp³-hybridized carbons (Fsp3) is 0.500. The number of carbonyl (C=O) groups is 2. The van der Waals surface area contributed by atoms with Gasteiger partial charge in [0.05, 0.1) is 6.04 Å². The number of nitrogens with two attached hydrogens (primary N) is 1. The summed E-state index contributed by atoms with van der Waals surface area (Å²) < 4.78 is 0. The Morgan fingerprint density at radius 3 is 2.05 bits per heavy atom. The molecule has 0 radical (unpaired) electrons. The smallest absolute Gasteiger partial charge is 0.253 e. The molecular weight excluding hydrogens is 282 g/mol. The Morgan fingerprint density at radius 1 is 1.05 bits per heavy atom. The SMILES string of the molecule is CC(C)[C@H](N)C(=O)N1CCN(C(=O)c2ccc(O)cc2)CC1. The minimum Gasteiger partial charge on any atom is -0.508 e. The number of phenolic OH excluding ortho intramolecular Hbond substituents is 1. The molecule has 1 heterocycles. The van der Waals surface area contributed by atoms with Crippen LogP contribution in [0.1, 0.15) is 24.2 Å². The fourth-order valence-electron chi connectivity index (χ4n) is 2.41. The van der Waals surface area contributed by atoms with Gasteiger partial charge in [-0.25, -0.2) is 0 Å². The van der Waals surface area contributed by atoms with Gasteiger partial charge >= 0.3 is 0 Å². The Balaban J connectivity index is 1.93. The molecule has 120 valence electrons. The van der Waals surface area contributed by atoms with E-state index in [1.807, 2.05) is 13.8 Å². The summed E-state index contributed by atoms with van der Waals surface area (Å²) in [5.41, 5.74) is 6.43. The average Bonchev–Trinajstić information content (AvgIpc) is 2.53. The summed E-state index contributed by atoms with van der Waals surface area (Å²) in [5, 5.41) is 9.26. The highest BCUT2D eigenvalue weighted by Crippen LogP contribution is 2.14. The summed E-state index contributed by atoms with van der Waals surface area (Å²) in [6.07, 6.45) is 0. The minimum atomic E-state index is -0.487. The maximum absolute atomic E-state index is 12.3. The lowest BCUT2D eigenvalue weighted by Crippen LogP contribution is -2.55. The Bertz CT molecular complexity index is 534. The van der Waals surface area contributed by atoms with Crippen LogP contribution in [0.4, 0.5) is 0 Å². The molecule has 1 aromatic rings. The quantitative estimate of drug-likeness (QED) is 0.859. The Morgan fingerprint density at radius 2 is 1.55 bits per heavy atom. The number of amides is 2. The van der Waals surface area contributed by atoms with Gasteiger partial charge in [-0.2, -0.15) is 0 Å². The first-order valence-corrected chi connectivity index (χ1v) is 7.53. The maximum atomic E-state index is 12.3. The number of nitrogens with zero attached hydrogens (tertiary/aromatic N) is 2. The van der Waals surface area contributed by atoms with Crippen molar-refractivity contribution in [2.45, 2.75) is 19.9 Å². The van der Waals surface area contributed by atoms with Crippen molar-refractivity contribution in [3.63, 3.8) is 0 Å². The number of phenols is 1. The number of hydrogen-bond donors (Lipinski definition) is 2. The highest BCUT2D eigenvalue weighted by Gasteiger charge is 2.28. The molecule has 0 spiro atoms. The zero-order valence-corrected chi connectivity index (χ0v) is 13.0. The molecular formula is C16H23N3O3. The summed E-state index contributed by atoms with van der Waals surface area (Å²) >= 11 is 0. The zero-order valence-electron chi connectivity index (χ0n) is 13.0. The molecule has 2 rings (SSSR count). The molecule has 0 bridgehead atoms. The van der Waals surface area contributed by atoms with Crippen molar-refractivity contribution in [1.82, 2.24) is 9.80 Å². The van der Waals surface area contributed by atoms with Crippen LogP contribution in [0.15, 0.2) is 24.3 Å². The van der Waals surface area contributed by atoms with E-state index in [9.17, 15) is 14.7 Å². The van der Waals surface area contributed by atoms with Crippen molar-refractivity contribution in [2.75, 3.05) is 26.2 Å². The van der Waals surface area contributed by atoms with E-state index >= 15 is 0 Å². The van der Waals surface area contributed by atoms with Gasteiger partial charge in [-0.05, 0) is 30.2 Å². The fourth-order valence-corrected chi connectivity index (χ4v) is 2.41. The number of carbonyl (C=O) groups excluding carboxylic acids is 2. The monoisotopic (exact) mass is 305 g/mol. The summed E-state index contributed by atoms with van der Waals surface area (Å²) in [6.45, 7) is 5.85. The molecule has 3 N–H and O–H groups in total. The van der Waals surface area contributed by atoms with Crippen LogP contribution in [0.2, 0.25) is 0 Å². The lowest BCUT2D eigenvalue weighted by Gasteiger charge is -2.36. The number of rotatable bonds is 3. The van der Waals surface area contributed by atoms with Gasteiger partial charge in [-0.1, -0.05) is 13.8 Å². The second-order valence-electron chi connectivity index (χ2n) is 5.93. The van der Waals surface area contributed by atoms with Crippen LogP contribution in [-0.2, 0) is 4.79 Å². The van der Waals surface area contributed by atoms with Crippen LogP contribution in [0.3, 0.4) is 0 Å².